The maximum atomic E-state index is 6.53. The highest BCUT2D eigenvalue weighted by atomic mass is 35.5. The van der Waals surface area contributed by atoms with E-state index in [0.717, 1.165) is 16.7 Å². The van der Waals surface area contributed by atoms with Crippen molar-refractivity contribution in [2.45, 2.75) is 45.8 Å². The number of anilines is 1. The molecular formula is C15H22BClN2O2. The second kappa shape index (κ2) is 5.31. The van der Waals surface area contributed by atoms with Gasteiger partial charge in [-0.15, -0.1) is 0 Å². The largest absolute Gasteiger partial charge is 0.496 e. The zero-order chi connectivity index (χ0) is 16.0. The number of halogens is 1. The van der Waals surface area contributed by atoms with Crippen molar-refractivity contribution in [1.29, 1.82) is 0 Å². The number of hydrogen-bond acceptors (Lipinski definition) is 4. The van der Waals surface area contributed by atoms with Gasteiger partial charge in [-0.2, -0.15) is 0 Å². The molecule has 6 heteroatoms. The Kier molecular flexibility index (Phi) is 4.13. The highest BCUT2D eigenvalue weighted by Crippen LogP contribution is 2.37. The Hall–Kier alpha value is -1.04. The minimum Gasteiger partial charge on any atom is -0.399 e. The van der Waals surface area contributed by atoms with Crippen molar-refractivity contribution in [2.24, 2.45) is 4.99 Å². The number of hydrogen-bond donors (Lipinski definition) is 1. The minimum atomic E-state index is -0.508. The van der Waals surface area contributed by atoms with Gasteiger partial charge < -0.3 is 15.0 Å². The normalized spacial score (nSPS) is 20.9. The van der Waals surface area contributed by atoms with Crippen molar-refractivity contribution in [3.63, 3.8) is 0 Å². The number of aliphatic imine (C=N–C) groups is 1. The van der Waals surface area contributed by atoms with E-state index in [2.05, 4.69) is 4.99 Å². The Morgan fingerprint density at radius 3 is 2.19 bits per heavy atom. The van der Waals surface area contributed by atoms with Crippen molar-refractivity contribution in [3.05, 3.63) is 22.7 Å². The van der Waals surface area contributed by atoms with Gasteiger partial charge >= 0.3 is 7.12 Å². The fraction of sp³-hybridized carbons (Fsp3) is 0.533. The quantitative estimate of drug-likeness (QED) is 0.519. The summed E-state index contributed by atoms with van der Waals surface area (Å²) in [6.45, 7) is 9.93. The molecule has 1 saturated heterocycles. The average molecular weight is 309 g/mol. The standard InChI is InChI=1S/C15H22BClN2O2/c1-9(19-6)12-11(18)8-7-10(13(12)17)16-20-14(2,3)15(4,5)21-16/h7-8H,18H2,1-6H3. The van der Waals surface area contributed by atoms with Gasteiger partial charge in [-0.1, -0.05) is 17.7 Å². The first-order chi connectivity index (χ1) is 9.60. The highest BCUT2D eigenvalue weighted by molar-refractivity contribution is 6.66. The Morgan fingerprint density at radius 1 is 1.19 bits per heavy atom. The van der Waals surface area contributed by atoms with E-state index in [0.29, 0.717) is 10.7 Å². The molecule has 0 saturated carbocycles. The lowest BCUT2D eigenvalue weighted by atomic mass is 9.77. The van der Waals surface area contributed by atoms with Crippen molar-refractivity contribution < 1.29 is 9.31 Å². The molecule has 0 spiro atoms. The lowest BCUT2D eigenvalue weighted by Crippen LogP contribution is -2.41. The summed E-state index contributed by atoms with van der Waals surface area (Å²) in [6.07, 6.45) is 0. The average Bonchev–Trinajstić information content (AvgIpc) is 2.57. The van der Waals surface area contributed by atoms with Crippen molar-refractivity contribution in [2.75, 3.05) is 12.8 Å². The van der Waals surface area contributed by atoms with Gasteiger partial charge in [-0.05, 0) is 40.7 Å². The van der Waals surface area contributed by atoms with E-state index in [4.69, 9.17) is 26.6 Å². The van der Waals surface area contributed by atoms with Crippen LogP contribution in [0.25, 0.3) is 0 Å². The van der Waals surface area contributed by atoms with Gasteiger partial charge in [-0.25, -0.2) is 0 Å². The van der Waals surface area contributed by atoms with Crippen LogP contribution in [-0.4, -0.2) is 31.1 Å². The van der Waals surface area contributed by atoms with Crippen LogP contribution in [0.2, 0.25) is 5.02 Å². The van der Waals surface area contributed by atoms with E-state index in [1.165, 1.54) is 0 Å². The van der Waals surface area contributed by atoms with Gasteiger partial charge in [0.2, 0.25) is 0 Å². The molecule has 2 rings (SSSR count). The number of benzene rings is 1. The molecule has 0 aliphatic carbocycles. The maximum absolute atomic E-state index is 6.53. The summed E-state index contributed by atoms with van der Waals surface area (Å²) >= 11 is 6.53. The van der Waals surface area contributed by atoms with Crippen LogP contribution in [0, 0.1) is 0 Å². The van der Waals surface area contributed by atoms with Gasteiger partial charge in [0.15, 0.2) is 0 Å². The molecule has 0 radical (unpaired) electrons. The second-order valence-corrected chi connectivity index (χ2v) is 6.71. The SMILES string of the molecule is CN=C(C)c1c(N)ccc(B2OC(C)(C)C(C)(C)O2)c1Cl. The van der Waals surface area contributed by atoms with E-state index in [9.17, 15) is 0 Å². The third kappa shape index (κ3) is 2.70. The fourth-order valence-electron chi connectivity index (χ4n) is 2.24. The molecule has 1 aliphatic rings. The molecule has 21 heavy (non-hydrogen) atoms. The van der Waals surface area contributed by atoms with Gasteiger partial charge in [0.05, 0.1) is 16.2 Å². The summed E-state index contributed by atoms with van der Waals surface area (Å²) in [5.41, 5.74) is 8.12. The van der Waals surface area contributed by atoms with Crippen LogP contribution < -0.4 is 11.2 Å². The predicted octanol–water partition coefficient (Wildman–Crippen LogP) is 2.66. The van der Waals surface area contributed by atoms with Crippen molar-refractivity contribution in [3.8, 4) is 0 Å². The van der Waals surface area contributed by atoms with E-state index in [-0.39, 0.29) is 0 Å². The summed E-state index contributed by atoms with van der Waals surface area (Å²) in [7, 11) is 1.21. The fourth-order valence-corrected chi connectivity index (χ4v) is 2.64. The Bertz CT molecular complexity index is 584. The molecule has 0 amide bonds. The molecule has 1 heterocycles. The number of nitrogens with zero attached hydrogens (tertiary/aromatic N) is 1. The van der Waals surface area contributed by atoms with Gasteiger partial charge in [0.25, 0.3) is 0 Å². The smallest absolute Gasteiger partial charge is 0.399 e. The third-order valence-corrected chi connectivity index (χ3v) is 4.82. The van der Waals surface area contributed by atoms with Crippen LogP contribution >= 0.6 is 11.6 Å². The molecule has 4 nitrogen and oxygen atoms in total. The topological polar surface area (TPSA) is 56.8 Å². The molecule has 114 valence electrons. The van der Waals surface area contributed by atoms with Gasteiger partial charge in [0, 0.05) is 29.5 Å². The first-order valence-electron chi connectivity index (χ1n) is 6.98. The highest BCUT2D eigenvalue weighted by Gasteiger charge is 2.52. The molecule has 1 aromatic carbocycles. The predicted molar refractivity (Wildman–Crippen MR) is 89.7 cm³/mol. The van der Waals surface area contributed by atoms with E-state index in [1.807, 2.05) is 46.8 Å². The van der Waals surface area contributed by atoms with Crippen LogP contribution in [0.15, 0.2) is 17.1 Å². The van der Waals surface area contributed by atoms with Gasteiger partial charge in [0.1, 0.15) is 0 Å². The first-order valence-corrected chi connectivity index (χ1v) is 7.36. The summed E-state index contributed by atoms with van der Waals surface area (Å²) in [5.74, 6) is 0. The molecular weight excluding hydrogens is 286 g/mol. The Morgan fingerprint density at radius 2 is 1.71 bits per heavy atom. The third-order valence-electron chi connectivity index (χ3n) is 4.41. The molecule has 1 aliphatic heterocycles. The molecule has 0 bridgehead atoms. The summed E-state index contributed by atoms with van der Waals surface area (Å²) < 4.78 is 12.1. The summed E-state index contributed by atoms with van der Waals surface area (Å²) in [6, 6.07) is 3.67. The molecule has 1 fully saturated rings. The van der Waals surface area contributed by atoms with Crippen LogP contribution in [0.1, 0.15) is 40.2 Å². The number of nitrogen functional groups attached to an aromatic ring is 1. The molecule has 1 aromatic rings. The van der Waals surface area contributed by atoms with Crippen LogP contribution in [0.4, 0.5) is 5.69 Å². The number of rotatable bonds is 2. The lowest BCUT2D eigenvalue weighted by molar-refractivity contribution is 0.00578. The zero-order valence-corrected chi connectivity index (χ0v) is 14.2. The Balaban J connectivity index is 2.49. The zero-order valence-electron chi connectivity index (χ0n) is 13.5. The molecule has 0 aromatic heterocycles. The molecule has 0 atom stereocenters. The molecule has 2 N–H and O–H groups in total. The minimum absolute atomic E-state index is 0.406. The van der Waals surface area contributed by atoms with Gasteiger partial charge in [-0.3, -0.25) is 4.99 Å². The monoisotopic (exact) mass is 308 g/mol. The maximum Gasteiger partial charge on any atom is 0.496 e. The summed E-state index contributed by atoms with van der Waals surface area (Å²) in [5, 5.41) is 0.539. The van der Waals surface area contributed by atoms with Crippen LogP contribution in [0.3, 0.4) is 0 Å². The second-order valence-electron chi connectivity index (χ2n) is 6.33. The van der Waals surface area contributed by atoms with Crippen LogP contribution in [0.5, 0.6) is 0 Å². The van der Waals surface area contributed by atoms with E-state index < -0.39 is 18.3 Å². The lowest BCUT2D eigenvalue weighted by Gasteiger charge is -2.32. The Labute approximate surface area is 131 Å². The first kappa shape index (κ1) is 16.3. The van der Waals surface area contributed by atoms with Crippen molar-refractivity contribution in [1.82, 2.24) is 0 Å². The van der Waals surface area contributed by atoms with E-state index >= 15 is 0 Å². The van der Waals surface area contributed by atoms with Crippen LogP contribution in [-0.2, 0) is 9.31 Å². The summed E-state index contributed by atoms with van der Waals surface area (Å²) in [4.78, 5) is 4.18. The van der Waals surface area contributed by atoms with Crippen molar-refractivity contribution >= 4 is 35.6 Å². The van der Waals surface area contributed by atoms with E-state index in [1.54, 1.807) is 7.05 Å². The number of nitrogens with two attached hydrogens (primary N) is 1. The molecule has 0 unspecified atom stereocenters.